The lowest BCUT2D eigenvalue weighted by atomic mass is 9.72. The highest BCUT2D eigenvalue weighted by molar-refractivity contribution is 7.13. The minimum Gasteiger partial charge on any atom is -0.300 e. The molecule has 0 fully saturated rings. The predicted molar refractivity (Wildman–Crippen MR) is 126 cm³/mol. The summed E-state index contributed by atoms with van der Waals surface area (Å²) in [6.07, 6.45) is 6.58. The third-order valence-corrected chi connectivity index (χ3v) is 6.32. The number of aromatic nitrogens is 4. The zero-order valence-electron chi connectivity index (χ0n) is 18.1. The highest BCUT2D eigenvalue weighted by atomic mass is 32.1. The van der Waals surface area contributed by atoms with Crippen LogP contribution in [0.2, 0.25) is 0 Å². The lowest BCUT2D eigenvalue weighted by Gasteiger charge is -2.32. The topological polar surface area (TPSA) is 72.7 Å². The quantitative estimate of drug-likeness (QED) is 0.366. The molecule has 0 aliphatic carbocycles. The SMILES string of the molecule is C/C=C/CC(c1ccc2c(cnn2-c2ccc(F)cc2)c1)C(C)(C)C(=O)Nc1nncs1. The molecular formula is C24H24FN5OS. The number of nitrogens with one attached hydrogen (secondary N) is 1. The van der Waals surface area contributed by atoms with Crippen LogP contribution in [0.3, 0.4) is 0 Å². The lowest BCUT2D eigenvalue weighted by molar-refractivity contribution is -0.125. The van der Waals surface area contributed by atoms with Crippen molar-refractivity contribution in [2.45, 2.75) is 33.1 Å². The summed E-state index contributed by atoms with van der Waals surface area (Å²) in [5, 5.41) is 16.5. The van der Waals surface area contributed by atoms with E-state index in [0.717, 1.165) is 22.2 Å². The molecule has 6 nitrogen and oxygen atoms in total. The summed E-state index contributed by atoms with van der Waals surface area (Å²) < 4.78 is 15.1. The van der Waals surface area contributed by atoms with Gasteiger partial charge in [0.2, 0.25) is 11.0 Å². The van der Waals surface area contributed by atoms with Crippen molar-refractivity contribution in [2.24, 2.45) is 5.41 Å². The average molecular weight is 450 g/mol. The van der Waals surface area contributed by atoms with Crippen LogP contribution in [-0.2, 0) is 4.79 Å². The fraction of sp³-hybridized carbons (Fsp3) is 0.250. The van der Waals surface area contributed by atoms with Gasteiger partial charge >= 0.3 is 0 Å². The van der Waals surface area contributed by atoms with Gasteiger partial charge in [-0.3, -0.25) is 4.79 Å². The number of carbonyl (C=O) groups excluding carboxylic acids is 1. The summed E-state index contributed by atoms with van der Waals surface area (Å²) in [5.74, 6) is -0.454. The third-order valence-electron chi connectivity index (χ3n) is 5.71. The number of amides is 1. The maximum absolute atomic E-state index is 13.3. The van der Waals surface area contributed by atoms with Crippen LogP contribution in [0.5, 0.6) is 0 Å². The number of benzene rings is 2. The van der Waals surface area contributed by atoms with Crippen molar-refractivity contribution in [1.82, 2.24) is 20.0 Å². The van der Waals surface area contributed by atoms with E-state index in [-0.39, 0.29) is 17.6 Å². The first-order valence-corrected chi connectivity index (χ1v) is 11.2. The number of halogens is 1. The second kappa shape index (κ2) is 9.00. The molecule has 0 radical (unpaired) electrons. The highest BCUT2D eigenvalue weighted by Gasteiger charge is 2.37. The maximum Gasteiger partial charge on any atom is 0.232 e. The Morgan fingerprint density at radius 2 is 2.03 bits per heavy atom. The molecule has 4 aromatic rings. The number of carbonyl (C=O) groups is 1. The molecule has 2 aromatic heterocycles. The Bertz CT molecular complexity index is 1250. The zero-order chi connectivity index (χ0) is 22.7. The van der Waals surface area contributed by atoms with Crippen molar-refractivity contribution in [3.8, 4) is 5.69 Å². The Kier molecular flexibility index (Phi) is 6.14. The van der Waals surface area contributed by atoms with Crippen molar-refractivity contribution in [3.63, 3.8) is 0 Å². The minimum absolute atomic E-state index is 0.0646. The van der Waals surface area contributed by atoms with Crippen LogP contribution in [0, 0.1) is 11.2 Å². The molecule has 0 aliphatic rings. The zero-order valence-corrected chi connectivity index (χ0v) is 18.9. The van der Waals surface area contributed by atoms with E-state index in [0.29, 0.717) is 11.6 Å². The van der Waals surface area contributed by atoms with E-state index in [1.54, 1.807) is 28.5 Å². The number of allylic oxidation sites excluding steroid dienone is 2. The van der Waals surface area contributed by atoms with Gasteiger partial charge in [0.05, 0.1) is 22.8 Å². The molecule has 164 valence electrons. The van der Waals surface area contributed by atoms with E-state index in [4.69, 9.17) is 0 Å². The van der Waals surface area contributed by atoms with Gasteiger partial charge in [0, 0.05) is 11.3 Å². The number of rotatable bonds is 7. The Hall–Kier alpha value is -3.39. The molecule has 0 aliphatic heterocycles. The van der Waals surface area contributed by atoms with E-state index in [1.165, 1.54) is 23.5 Å². The van der Waals surface area contributed by atoms with Crippen molar-refractivity contribution >= 4 is 33.3 Å². The van der Waals surface area contributed by atoms with E-state index >= 15 is 0 Å². The monoisotopic (exact) mass is 449 g/mol. The lowest BCUT2D eigenvalue weighted by Crippen LogP contribution is -2.36. The largest absolute Gasteiger partial charge is 0.300 e. The van der Waals surface area contributed by atoms with Crippen molar-refractivity contribution in [3.05, 3.63) is 77.7 Å². The summed E-state index contributed by atoms with van der Waals surface area (Å²) in [5.41, 5.74) is 3.64. The van der Waals surface area contributed by atoms with Crippen LogP contribution < -0.4 is 5.32 Å². The van der Waals surface area contributed by atoms with E-state index < -0.39 is 5.41 Å². The number of fused-ring (bicyclic) bond motifs is 1. The molecule has 32 heavy (non-hydrogen) atoms. The minimum atomic E-state index is -0.703. The van der Waals surface area contributed by atoms with Gasteiger partial charge in [-0.2, -0.15) is 5.10 Å². The summed E-state index contributed by atoms with van der Waals surface area (Å²) in [7, 11) is 0. The first-order valence-electron chi connectivity index (χ1n) is 10.3. The van der Waals surface area contributed by atoms with Gasteiger partial charge in [-0.05, 0) is 55.3 Å². The van der Waals surface area contributed by atoms with Gasteiger partial charge in [-0.25, -0.2) is 9.07 Å². The summed E-state index contributed by atoms with van der Waals surface area (Å²) in [6.45, 7) is 5.87. The molecule has 8 heteroatoms. The Morgan fingerprint density at radius 3 is 2.72 bits per heavy atom. The van der Waals surface area contributed by atoms with Crippen molar-refractivity contribution in [1.29, 1.82) is 0 Å². The predicted octanol–water partition coefficient (Wildman–Crippen LogP) is 5.73. The van der Waals surface area contributed by atoms with Gasteiger partial charge in [0.25, 0.3) is 0 Å². The van der Waals surface area contributed by atoms with E-state index in [1.807, 2.05) is 39.0 Å². The standard InChI is InChI=1S/C24H24FN5OS/c1-4-5-6-20(24(2,3)22(31)28-23-29-26-15-32-23)16-7-12-21-17(13-16)14-27-30(21)19-10-8-18(25)9-11-19/h4-5,7-15,20H,6H2,1-3H3,(H,28,29,31)/b5-4+. The van der Waals surface area contributed by atoms with E-state index in [9.17, 15) is 9.18 Å². The molecule has 0 spiro atoms. The molecule has 1 atom stereocenters. The summed E-state index contributed by atoms with van der Waals surface area (Å²) >= 11 is 1.29. The maximum atomic E-state index is 13.3. The molecular weight excluding hydrogens is 425 g/mol. The third kappa shape index (κ3) is 4.31. The van der Waals surface area contributed by atoms with Crippen LogP contribution in [-0.4, -0.2) is 25.9 Å². The van der Waals surface area contributed by atoms with Gasteiger partial charge in [-0.1, -0.05) is 43.4 Å². The molecule has 0 saturated heterocycles. The van der Waals surface area contributed by atoms with Gasteiger partial charge in [0.15, 0.2) is 0 Å². The summed E-state index contributed by atoms with van der Waals surface area (Å²) in [4.78, 5) is 13.1. The van der Waals surface area contributed by atoms with Crippen LogP contribution in [0.15, 0.2) is 66.3 Å². The first kappa shape index (κ1) is 21.8. The molecule has 2 aromatic carbocycles. The van der Waals surface area contributed by atoms with Gasteiger partial charge in [0.1, 0.15) is 11.3 Å². The molecule has 4 rings (SSSR count). The Labute approximate surface area is 189 Å². The number of nitrogens with zero attached hydrogens (tertiary/aromatic N) is 4. The van der Waals surface area contributed by atoms with Crippen molar-refractivity contribution in [2.75, 3.05) is 5.32 Å². The van der Waals surface area contributed by atoms with Crippen LogP contribution in [0.25, 0.3) is 16.6 Å². The van der Waals surface area contributed by atoms with Crippen LogP contribution >= 0.6 is 11.3 Å². The highest BCUT2D eigenvalue weighted by Crippen LogP contribution is 2.40. The fourth-order valence-electron chi connectivity index (χ4n) is 3.82. The normalized spacial score (nSPS) is 13.0. The molecule has 0 saturated carbocycles. The summed E-state index contributed by atoms with van der Waals surface area (Å²) in [6, 6.07) is 12.4. The number of anilines is 1. The second-order valence-electron chi connectivity index (χ2n) is 8.13. The second-order valence-corrected chi connectivity index (χ2v) is 8.96. The number of hydrogen-bond donors (Lipinski definition) is 1. The molecule has 2 heterocycles. The van der Waals surface area contributed by atoms with Crippen LogP contribution in [0.4, 0.5) is 9.52 Å². The molecule has 1 unspecified atom stereocenters. The van der Waals surface area contributed by atoms with Gasteiger partial charge in [-0.15, -0.1) is 10.2 Å². The Morgan fingerprint density at radius 1 is 1.25 bits per heavy atom. The van der Waals surface area contributed by atoms with Crippen molar-refractivity contribution < 1.29 is 9.18 Å². The smallest absolute Gasteiger partial charge is 0.232 e. The molecule has 1 N–H and O–H groups in total. The molecule has 0 bridgehead atoms. The molecule has 1 amide bonds. The van der Waals surface area contributed by atoms with Gasteiger partial charge < -0.3 is 5.32 Å². The first-order chi connectivity index (χ1) is 15.4. The fourth-order valence-corrected chi connectivity index (χ4v) is 4.26. The number of hydrogen-bond acceptors (Lipinski definition) is 5. The Balaban J connectivity index is 1.69. The van der Waals surface area contributed by atoms with Crippen LogP contribution in [0.1, 0.15) is 38.7 Å². The van der Waals surface area contributed by atoms with E-state index in [2.05, 4.69) is 32.8 Å². The average Bonchev–Trinajstić information content (AvgIpc) is 3.44.